The Morgan fingerprint density at radius 3 is 2.73 bits per heavy atom. The summed E-state index contributed by atoms with van der Waals surface area (Å²) in [5.74, 6) is 1.17. The van der Waals surface area contributed by atoms with Crippen molar-refractivity contribution in [1.82, 2.24) is 30.4 Å². The molecule has 4 rings (SSSR count). The highest BCUT2D eigenvalue weighted by Gasteiger charge is 2.11. The Hall–Kier alpha value is -3.75. The maximum Gasteiger partial charge on any atom is 0.249 e. The minimum absolute atomic E-state index is 0.0867. The van der Waals surface area contributed by atoms with Crippen molar-refractivity contribution in [2.45, 2.75) is 6.61 Å². The zero-order valence-corrected chi connectivity index (χ0v) is 13.9. The number of aromatic amines is 1. The van der Waals surface area contributed by atoms with E-state index in [1.54, 1.807) is 19.5 Å². The fraction of sp³-hybridized carbons (Fsp3) is 0.118. The molecule has 9 nitrogen and oxygen atoms in total. The summed E-state index contributed by atoms with van der Waals surface area (Å²) >= 11 is 0. The zero-order chi connectivity index (χ0) is 17.9. The lowest BCUT2D eigenvalue weighted by Gasteiger charge is -2.08. The van der Waals surface area contributed by atoms with Crippen molar-refractivity contribution in [3.05, 3.63) is 48.3 Å². The van der Waals surface area contributed by atoms with Crippen LogP contribution in [0.5, 0.6) is 11.6 Å². The molecule has 0 amide bonds. The number of hydrogen-bond acceptors (Lipinski definition) is 8. The van der Waals surface area contributed by atoms with Crippen molar-refractivity contribution in [3.63, 3.8) is 0 Å². The van der Waals surface area contributed by atoms with E-state index in [9.17, 15) is 0 Å². The normalized spacial score (nSPS) is 10.8. The summed E-state index contributed by atoms with van der Waals surface area (Å²) < 4.78 is 10.9. The summed E-state index contributed by atoms with van der Waals surface area (Å²) in [5, 5.41) is 10.2. The molecule has 130 valence electrons. The van der Waals surface area contributed by atoms with Crippen LogP contribution in [0.25, 0.3) is 22.3 Å². The molecule has 3 N–H and O–H groups in total. The van der Waals surface area contributed by atoms with Gasteiger partial charge in [-0.15, -0.1) is 5.10 Å². The van der Waals surface area contributed by atoms with Crippen molar-refractivity contribution < 1.29 is 9.47 Å². The van der Waals surface area contributed by atoms with Crippen molar-refractivity contribution in [3.8, 4) is 22.8 Å². The van der Waals surface area contributed by atoms with Crippen LogP contribution in [0.15, 0.2) is 42.7 Å². The number of hydrogen-bond donors (Lipinski definition) is 2. The Morgan fingerprint density at radius 1 is 1.08 bits per heavy atom. The number of H-pyrrole nitrogens is 1. The molecule has 0 unspecified atom stereocenters. The van der Waals surface area contributed by atoms with E-state index in [0.717, 1.165) is 22.4 Å². The van der Waals surface area contributed by atoms with Crippen LogP contribution in [0.1, 0.15) is 5.56 Å². The monoisotopic (exact) mass is 349 g/mol. The van der Waals surface area contributed by atoms with Crippen LogP contribution in [0.4, 0.5) is 5.95 Å². The average Bonchev–Trinajstić information content (AvgIpc) is 3.15. The van der Waals surface area contributed by atoms with Gasteiger partial charge >= 0.3 is 0 Å². The highest BCUT2D eigenvalue weighted by atomic mass is 16.5. The second-order valence-electron chi connectivity index (χ2n) is 5.50. The SMILES string of the molecule is COc1ccc(-c2cncc(COc3nc(N)nc4[nH]nnc34)c2)cc1. The summed E-state index contributed by atoms with van der Waals surface area (Å²) in [4.78, 5) is 12.4. The van der Waals surface area contributed by atoms with E-state index in [2.05, 4.69) is 30.4 Å². The molecule has 9 heteroatoms. The molecule has 0 saturated carbocycles. The van der Waals surface area contributed by atoms with Gasteiger partial charge in [0.1, 0.15) is 12.4 Å². The number of nitrogens with two attached hydrogens (primary N) is 1. The third-order valence-corrected chi connectivity index (χ3v) is 3.77. The lowest BCUT2D eigenvalue weighted by Crippen LogP contribution is -2.02. The van der Waals surface area contributed by atoms with Crippen LogP contribution in [-0.2, 0) is 6.61 Å². The summed E-state index contributed by atoms with van der Waals surface area (Å²) in [6.45, 7) is 0.259. The molecule has 0 bridgehead atoms. The first-order valence-electron chi connectivity index (χ1n) is 7.78. The molecule has 0 spiro atoms. The standard InChI is InChI=1S/C17H15N7O2/c1-25-13-4-2-11(3-5-13)12-6-10(7-19-8-12)9-26-16-14-15(23-24-22-14)20-17(18)21-16/h2-8H,9H2,1H3,(H3,18,20,21,22,23,24). The van der Waals surface area contributed by atoms with Crippen molar-refractivity contribution in [1.29, 1.82) is 0 Å². The smallest absolute Gasteiger partial charge is 0.249 e. The van der Waals surface area contributed by atoms with Gasteiger partial charge < -0.3 is 15.2 Å². The molecule has 3 heterocycles. The number of methoxy groups -OCH3 is 1. The number of aromatic nitrogens is 6. The van der Waals surface area contributed by atoms with E-state index >= 15 is 0 Å². The molecule has 1 aromatic carbocycles. The number of rotatable bonds is 5. The van der Waals surface area contributed by atoms with E-state index in [1.807, 2.05) is 30.3 Å². The third kappa shape index (κ3) is 3.09. The van der Waals surface area contributed by atoms with Gasteiger partial charge in [-0.05, 0) is 23.8 Å². The number of nitrogens with zero attached hydrogens (tertiary/aromatic N) is 5. The maximum atomic E-state index is 5.76. The molecule has 0 radical (unpaired) electrons. The Balaban J connectivity index is 1.56. The van der Waals surface area contributed by atoms with Crippen LogP contribution in [0, 0.1) is 0 Å². The van der Waals surface area contributed by atoms with Gasteiger partial charge in [-0.25, -0.2) is 5.10 Å². The molecule has 4 aromatic rings. The van der Waals surface area contributed by atoms with Crippen molar-refractivity contribution in [2.24, 2.45) is 0 Å². The Kier molecular flexibility index (Phi) is 4.02. The quantitative estimate of drug-likeness (QED) is 0.560. The maximum absolute atomic E-state index is 5.76. The van der Waals surface area contributed by atoms with E-state index in [0.29, 0.717) is 11.2 Å². The van der Waals surface area contributed by atoms with Gasteiger partial charge in [0.15, 0.2) is 11.2 Å². The van der Waals surface area contributed by atoms with Gasteiger partial charge in [0.2, 0.25) is 11.8 Å². The van der Waals surface area contributed by atoms with E-state index in [4.69, 9.17) is 15.2 Å². The summed E-state index contributed by atoms with van der Waals surface area (Å²) in [6, 6.07) is 9.77. The molecule has 0 aliphatic carbocycles. The Morgan fingerprint density at radius 2 is 1.92 bits per heavy atom. The molecule has 3 aromatic heterocycles. The van der Waals surface area contributed by atoms with Gasteiger partial charge in [0.25, 0.3) is 0 Å². The molecule has 26 heavy (non-hydrogen) atoms. The largest absolute Gasteiger partial charge is 0.497 e. The van der Waals surface area contributed by atoms with Crippen molar-refractivity contribution >= 4 is 17.1 Å². The number of nitrogen functional groups attached to an aromatic ring is 1. The van der Waals surface area contributed by atoms with Crippen LogP contribution >= 0.6 is 0 Å². The van der Waals surface area contributed by atoms with Crippen LogP contribution < -0.4 is 15.2 Å². The molecular weight excluding hydrogens is 334 g/mol. The minimum atomic E-state index is 0.0867. The zero-order valence-electron chi connectivity index (χ0n) is 13.9. The number of pyridine rings is 1. The van der Waals surface area contributed by atoms with Gasteiger partial charge in [0, 0.05) is 23.5 Å². The molecule has 0 atom stereocenters. The lowest BCUT2D eigenvalue weighted by molar-refractivity contribution is 0.297. The Labute approximate surface area is 148 Å². The summed E-state index contributed by atoms with van der Waals surface area (Å²) in [7, 11) is 1.64. The predicted molar refractivity (Wildman–Crippen MR) is 94.4 cm³/mol. The first kappa shape index (κ1) is 15.8. The van der Waals surface area contributed by atoms with E-state index in [-0.39, 0.29) is 18.4 Å². The third-order valence-electron chi connectivity index (χ3n) is 3.77. The molecular formula is C17H15N7O2. The van der Waals surface area contributed by atoms with E-state index in [1.165, 1.54) is 0 Å². The summed E-state index contributed by atoms with van der Waals surface area (Å²) in [5.41, 5.74) is 9.42. The lowest BCUT2D eigenvalue weighted by atomic mass is 10.1. The van der Waals surface area contributed by atoms with Crippen LogP contribution in [0.2, 0.25) is 0 Å². The first-order chi connectivity index (χ1) is 12.7. The molecule has 0 aliphatic heterocycles. The number of ether oxygens (including phenoxy) is 2. The van der Waals surface area contributed by atoms with Gasteiger partial charge in [-0.2, -0.15) is 9.97 Å². The number of benzene rings is 1. The van der Waals surface area contributed by atoms with Crippen LogP contribution in [0.3, 0.4) is 0 Å². The number of fused-ring (bicyclic) bond motifs is 1. The summed E-state index contributed by atoms with van der Waals surface area (Å²) in [6.07, 6.45) is 3.53. The molecule has 0 fully saturated rings. The van der Waals surface area contributed by atoms with Gasteiger partial charge in [-0.1, -0.05) is 17.3 Å². The molecule has 0 saturated heterocycles. The highest BCUT2D eigenvalue weighted by molar-refractivity contribution is 5.75. The second-order valence-corrected chi connectivity index (χ2v) is 5.50. The molecule has 0 aliphatic rings. The fourth-order valence-electron chi connectivity index (χ4n) is 2.50. The second kappa shape index (κ2) is 6.63. The predicted octanol–water partition coefficient (Wildman–Crippen LogP) is 1.98. The highest BCUT2D eigenvalue weighted by Crippen LogP contribution is 2.24. The fourth-order valence-corrected chi connectivity index (χ4v) is 2.50. The average molecular weight is 349 g/mol. The Bertz CT molecular complexity index is 1050. The van der Waals surface area contributed by atoms with Crippen molar-refractivity contribution in [2.75, 3.05) is 12.8 Å². The number of nitrogens with one attached hydrogen (secondary N) is 1. The van der Waals surface area contributed by atoms with Gasteiger partial charge in [-0.3, -0.25) is 4.98 Å². The number of anilines is 1. The minimum Gasteiger partial charge on any atom is -0.497 e. The first-order valence-corrected chi connectivity index (χ1v) is 7.78. The van der Waals surface area contributed by atoms with E-state index < -0.39 is 0 Å². The van der Waals surface area contributed by atoms with Crippen LogP contribution in [-0.4, -0.2) is 37.5 Å². The topological polar surface area (TPSA) is 125 Å². The van der Waals surface area contributed by atoms with Gasteiger partial charge in [0.05, 0.1) is 7.11 Å².